The molecule has 1 saturated heterocycles. The van der Waals surface area contributed by atoms with E-state index in [0.29, 0.717) is 17.7 Å². The summed E-state index contributed by atoms with van der Waals surface area (Å²) in [5, 5.41) is 0. The van der Waals surface area contributed by atoms with Gasteiger partial charge in [0.1, 0.15) is 5.75 Å². The molecule has 1 atom stereocenters. The molecule has 2 aliphatic heterocycles. The second kappa shape index (κ2) is 5.51. The predicted octanol–water partition coefficient (Wildman–Crippen LogP) is 3.07. The molecule has 0 bridgehead atoms. The molecule has 1 spiro atoms. The van der Waals surface area contributed by atoms with Gasteiger partial charge in [-0.2, -0.15) is 0 Å². The Hall–Kier alpha value is -1.84. The normalized spacial score (nSPS) is 23.3. The Morgan fingerprint density at radius 2 is 2.05 bits per heavy atom. The molecule has 2 heterocycles. The van der Waals surface area contributed by atoms with Crippen molar-refractivity contribution in [2.75, 3.05) is 6.61 Å². The number of rotatable bonds is 5. The van der Waals surface area contributed by atoms with Gasteiger partial charge in [-0.25, -0.2) is 4.79 Å². The highest BCUT2D eigenvalue weighted by Gasteiger charge is 2.58. The summed E-state index contributed by atoms with van der Waals surface area (Å²) < 4.78 is 10.6. The molecule has 4 heteroatoms. The summed E-state index contributed by atoms with van der Waals surface area (Å²) in [5.41, 5.74) is 0.260. The maximum absolute atomic E-state index is 12.5. The van der Waals surface area contributed by atoms with Gasteiger partial charge in [-0.05, 0) is 30.5 Å². The van der Waals surface area contributed by atoms with Crippen LogP contribution in [0.25, 0.3) is 0 Å². The van der Waals surface area contributed by atoms with Crippen LogP contribution < -0.4 is 4.74 Å². The molecule has 4 nitrogen and oxygen atoms in total. The number of Topliss-reactive ketones (excluding diaryl/α,β-unsaturated/α-hetero) is 1. The molecule has 2 aliphatic rings. The smallest absolute Gasteiger partial charge is 0.358 e. The zero-order valence-electron chi connectivity index (χ0n) is 12.3. The highest BCUT2D eigenvalue weighted by Crippen LogP contribution is 2.40. The van der Waals surface area contributed by atoms with Crippen LogP contribution in [0.1, 0.15) is 54.9 Å². The van der Waals surface area contributed by atoms with Gasteiger partial charge in [0.15, 0.2) is 0 Å². The third-order valence-electron chi connectivity index (χ3n) is 4.28. The maximum Gasteiger partial charge on any atom is 0.358 e. The lowest BCUT2D eigenvalue weighted by atomic mass is 9.93. The summed E-state index contributed by atoms with van der Waals surface area (Å²) in [6.07, 6.45) is 6.04. The first-order valence-electron chi connectivity index (χ1n) is 7.71. The van der Waals surface area contributed by atoms with E-state index in [4.69, 9.17) is 9.47 Å². The Balaban J connectivity index is 1.76. The predicted molar refractivity (Wildman–Crippen MR) is 77.6 cm³/mol. The Morgan fingerprint density at radius 1 is 1.19 bits per heavy atom. The lowest BCUT2D eigenvalue weighted by molar-refractivity contribution is -0.147. The highest BCUT2D eigenvalue weighted by atomic mass is 16.6. The van der Waals surface area contributed by atoms with Crippen molar-refractivity contribution < 1.29 is 19.1 Å². The number of ether oxygens (including phenoxy) is 2. The van der Waals surface area contributed by atoms with Gasteiger partial charge in [-0.15, -0.1) is 0 Å². The molecule has 112 valence electrons. The molecule has 0 radical (unpaired) electrons. The van der Waals surface area contributed by atoms with E-state index in [1.54, 1.807) is 0 Å². The van der Waals surface area contributed by atoms with Gasteiger partial charge in [0.05, 0.1) is 12.2 Å². The number of hydrogen-bond acceptors (Lipinski definition) is 4. The fourth-order valence-corrected chi connectivity index (χ4v) is 3.01. The summed E-state index contributed by atoms with van der Waals surface area (Å²) >= 11 is 0. The molecule has 0 amide bonds. The van der Waals surface area contributed by atoms with E-state index in [1.807, 2.05) is 18.2 Å². The van der Waals surface area contributed by atoms with E-state index in [9.17, 15) is 9.59 Å². The van der Waals surface area contributed by atoms with Crippen molar-refractivity contribution in [3.8, 4) is 5.75 Å². The maximum atomic E-state index is 12.5. The number of carbonyl (C=O) groups excluding carboxylic acids is 2. The largest absolute Gasteiger partial charge is 0.466 e. The molecule has 3 rings (SSSR count). The minimum atomic E-state index is -1.40. The molecule has 0 saturated carbocycles. The molecule has 1 fully saturated rings. The lowest BCUT2D eigenvalue weighted by Gasteiger charge is -2.15. The minimum absolute atomic E-state index is 0.240. The number of cyclic esters (lactones) is 1. The van der Waals surface area contributed by atoms with Crippen molar-refractivity contribution in [3.63, 3.8) is 0 Å². The minimum Gasteiger partial charge on any atom is -0.466 e. The topological polar surface area (TPSA) is 52.6 Å². The quantitative estimate of drug-likeness (QED) is 0.474. The summed E-state index contributed by atoms with van der Waals surface area (Å²) in [6, 6.07) is 5.67. The van der Waals surface area contributed by atoms with Crippen LogP contribution in [0.5, 0.6) is 5.75 Å². The number of ketones is 1. The number of aryl methyl sites for hydroxylation is 1. The van der Waals surface area contributed by atoms with E-state index in [1.165, 1.54) is 19.3 Å². The second-order valence-corrected chi connectivity index (χ2v) is 5.79. The van der Waals surface area contributed by atoms with Crippen LogP contribution in [-0.2, 0) is 16.0 Å². The summed E-state index contributed by atoms with van der Waals surface area (Å²) in [7, 11) is 0. The van der Waals surface area contributed by atoms with Gasteiger partial charge < -0.3 is 9.47 Å². The average Bonchev–Trinajstić information content (AvgIpc) is 2.99. The van der Waals surface area contributed by atoms with Crippen molar-refractivity contribution in [1.82, 2.24) is 0 Å². The van der Waals surface area contributed by atoms with Gasteiger partial charge in [-0.1, -0.05) is 32.3 Å². The Bertz CT molecular complexity index is 578. The molecule has 1 unspecified atom stereocenters. The number of carbonyl (C=O) groups is 2. The van der Waals surface area contributed by atoms with E-state index in [0.717, 1.165) is 18.4 Å². The zero-order chi connectivity index (χ0) is 14.9. The van der Waals surface area contributed by atoms with Crippen LogP contribution in [0.3, 0.4) is 0 Å². The molecule has 0 aromatic heterocycles. The van der Waals surface area contributed by atoms with Crippen molar-refractivity contribution >= 4 is 11.8 Å². The monoisotopic (exact) mass is 288 g/mol. The molecule has 1 aromatic rings. The fourth-order valence-electron chi connectivity index (χ4n) is 3.01. The molecule has 0 N–H and O–H groups in total. The summed E-state index contributed by atoms with van der Waals surface area (Å²) in [6.45, 7) is 2.44. The van der Waals surface area contributed by atoms with Crippen LogP contribution in [0, 0.1) is 0 Å². The first-order chi connectivity index (χ1) is 10.2. The van der Waals surface area contributed by atoms with Crippen molar-refractivity contribution in [1.29, 1.82) is 0 Å². The van der Waals surface area contributed by atoms with Crippen molar-refractivity contribution in [2.45, 2.75) is 51.0 Å². The van der Waals surface area contributed by atoms with E-state index in [2.05, 4.69) is 6.92 Å². The molecular weight excluding hydrogens is 268 g/mol. The number of benzene rings is 1. The van der Waals surface area contributed by atoms with Gasteiger partial charge in [0, 0.05) is 6.42 Å². The van der Waals surface area contributed by atoms with Crippen LogP contribution in [0.2, 0.25) is 0 Å². The SMILES string of the molecule is CCCCCCc1ccc2c(c1)C(=O)C1(CCOC1=O)O2. The number of unbranched alkanes of at least 4 members (excludes halogenated alkanes) is 3. The first-order valence-corrected chi connectivity index (χ1v) is 7.71. The average molecular weight is 288 g/mol. The first kappa shape index (κ1) is 14.1. The van der Waals surface area contributed by atoms with Gasteiger partial charge in [0.25, 0.3) is 5.60 Å². The zero-order valence-corrected chi connectivity index (χ0v) is 12.3. The molecule has 1 aromatic carbocycles. The standard InChI is InChI=1S/C17H20O4/c1-2-3-4-5-6-12-7-8-14-13(11-12)15(18)17(21-14)9-10-20-16(17)19/h7-8,11H,2-6,9-10H2,1H3. The summed E-state index contributed by atoms with van der Waals surface area (Å²) in [5.74, 6) is -0.278. The molecule has 21 heavy (non-hydrogen) atoms. The molecule has 0 aliphatic carbocycles. The number of esters is 1. The Labute approximate surface area is 124 Å². The highest BCUT2D eigenvalue weighted by molar-refractivity contribution is 6.19. The van der Waals surface area contributed by atoms with Crippen molar-refractivity contribution in [3.05, 3.63) is 29.3 Å². The number of hydrogen-bond donors (Lipinski definition) is 0. The fraction of sp³-hybridized carbons (Fsp3) is 0.529. The van der Waals surface area contributed by atoms with E-state index in [-0.39, 0.29) is 12.4 Å². The van der Waals surface area contributed by atoms with E-state index < -0.39 is 11.6 Å². The van der Waals surface area contributed by atoms with Crippen molar-refractivity contribution in [2.24, 2.45) is 0 Å². The van der Waals surface area contributed by atoms with Gasteiger partial charge in [-0.3, -0.25) is 4.79 Å². The lowest BCUT2D eigenvalue weighted by Crippen LogP contribution is -2.44. The number of fused-ring (bicyclic) bond motifs is 1. The van der Waals surface area contributed by atoms with Crippen LogP contribution >= 0.6 is 0 Å². The van der Waals surface area contributed by atoms with Gasteiger partial charge in [0.2, 0.25) is 5.78 Å². The summed E-state index contributed by atoms with van der Waals surface area (Å²) in [4.78, 5) is 24.4. The third-order valence-corrected chi connectivity index (χ3v) is 4.28. The van der Waals surface area contributed by atoms with Crippen LogP contribution in [0.4, 0.5) is 0 Å². The molecular formula is C17H20O4. The third kappa shape index (κ3) is 2.33. The van der Waals surface area contributed by atoms with E-state index >= 15 is 0 Å². The second-order valence-electron chi connectivity index (χ2n) is 5.79. The Morgan fingerprint density at radius 3 is 2.76 bits per heavy atom. The van der Waals surface area contributed by atoms with Crippen LogP contribution in [-0.4, -0.2) is 24.0 Å². The van der Waals surface area contributed by atoms with Gasteiger partial charge >= 0.3 is 5.97 Å². The Kier molecular flexibility index (Phi) is 3.70. The van der Waals surface area contributed by atoms with Crippen LogP contribution in [0.15, 0.2) is 18.2 Å².